The molecule has 0 aliphatic heterocycles. The maximum atomic E-state index is 13.9. The average Bonchev–Trinajstić information content (AvgIpc) is 3.12. The van der Waals surface area contributed by atoms with E-state index >= 15 is 0 Å². The summed E-state index contributed by atoms with van der Waals surface area (Å²) in [6.07, 6.45) is 1.68. The predicted molar refractivity (Wildman–Crippen MR) is 114 cm³/mol. The first-order valence-corrected chi connectivity index (χ1v) is 11.3. The molecule has 0 atom stereocenters. The maximum absolute atomic E-state index is 13.9. The Morgan fingerprint density at radius 1 is 1.09 bits per heavy atom. The zero-order valence-corrected chi connectivity index (χ0v) is 17.8. The quantitative estimate of drug-likeness (QED) is 0.560. The molecule has 7 nitrogen and oxygen atoms in total. The fourth-order valence-corrected chi connectivity index (χ4v) is 4.39. The van der Waals surface area contributed by atoms with Gasteiger partial charge in [0, 0.05) is 23.6 Å². The molecule has 2 aromatic carbocycles. The fourth-order valence-electron chi connectivity index (χ4n) is 3.53. The van der Waals surface area contributed by atoms with Gasteiger partial charge in [-0.1, -0.05) is 18.2 Å². The van der Waals surface area contributed by atoms with Gasteiger partial charge in [0.15, 0.2) is 5.76 Å². The Labute approximate surface area is 183 Å². The van der Waals surface area contributed by atoms with Crippen molar-refractivity contribution in [2.75, 3.05) is 5.32 Å². The van der Waals surface area contributed by atoms with Crippen molar-refractivity contribution < 1.29 is 26.4 Å². The molecule has 0 bridgehead atoms. The van der Waals surface area contributed by atoms with Gasteiger partial charge in [0.1, 0.15) is 17.4 Å². The number of rotatable bonds is 5. The number of anilines is 1. The molecule has 166 valence electrons. The Balaban J connectivity index is 1.61. The van der Waals surface area contributed by atoms with E-state index < -0.39 is 27.6 Å². The zero-order chi connectivity index (χ0) is 22.9. The normalized spacial score (nSPS) is 14.8. The highest BCUT2D eigenvalue weighted by Crippen LogP contribution is 2.30. The lowest BCUT2D eigenvalue weighted by Gasteiger charge is -2.14. The number of nitrogens with zero attached hydrogens (tertiary/aromatic N) is 1. The molecule has 3 aromatic rings. The Morgan fingerprint density at radius 2 is 1.84 bits per heavy atom. The molecule has 1 aromatic heterocycles. The van der Waals surface area contributed by atoms with Crippen molar-refractivity contribution in [3.63, 3.8) is 0 Å². The minimum atomic E-state index is -3.85. The lowest BCUT2D eigenvalue weighted by molar-refractivity contribution is 0.0993. The molecule has 0 fully saturated rings. The summed E-state index contributed by atoms with van der Waals surface area (Å²) in [4.78, 5) is 15.0. The zero-order valence-electron chi connectivity index (χ0n) is 17.0. The van der Waals surface area contributed by atoms with Crippen LogP contribution in [-0.2, 0) is 16.4 Å². The number of hydrogen-bond acceptors (Lipinski definition) is 5. The minimum absolute atomic E-state index is 0.0424. The monoisotopic (exact) mass is 459 g/mol. The van der Waals surface area contributed by atoms with Crippen molar-refractivity contribution in [1.29, 1.82) is 0 Å². The maximum Gasteiger partial charge on any atom is 0.291 e. The van der Waals surface area contributed by atoms with Crippen LogP contribution in [0.4, 0.5) is 14.5 Å². The Morgan fingerprint density at radius 3 is 2.56 bits per heavy atom. The SMILES string of the molecule is Cc1c(C(=O)Nc2ccc(F)cc2F)oc2c1/C(=N/NS(=O)(=O)c1ccccc1)CCC2. The van der Waals surface area contributed by atoms with Gasteiger partial charge < -0.3 is 9.73 Å². The molecule has 0 radical (unpaired) electrons. The van der Waals surface area contributed by atoms with Gasteiger partial charge in [0.05, 0.1) is 16.3 Å². The van der Waals surface area contributed by atoms with Crippen molar-refractivity contribution in [3.8, 4) is 0 Å². The number of carbonyl (C=O) groups is 1. The van der Waals surface area contributed by atoms with E-state index in [2.05, 4.69) is 15.2 Å². The summed E-state index contributed by atoms with van der Waals surface area (Å²) in [5, 5.41) is 6.47. The molecule has 10 heteroatoms. The van der Waals surface area contributed by atoms with Crippen LogP contribution in [0.15, 0.2) is 62.9 Å². The number of benzene rings is 2. The lowest BCUT2D eigenvalue weighted by Crippen LogP contribution is -2.22. The second kappa shape index (κ2) is 8.54. The summed E-state index contributed by atoms with van der Waals surface area (Å²) >= 11 is 0. The van der Waals surface area contributed by atoms with E-state index in [1.165, 1.54) is 12.1 Å². The van der Waals surface area contributed by atoms with Crippen LogP contribution < -0.4 is 10.1 Å². The number of hydrogen-bond donors (Lipinski definition) is 2. The number of amides is 1. The number of sulfonamides is 1. The molecular formula is C22H19F2N3O4S. The molecule has 2 N–H and O–H groups in total. The van der Waals surface area contributed by atoms with E-state index in [0.29, 0.717) is 47.9 Å². The van der Waals surface area contributed by atoms with E-state index in [-0.39, 0.29) is 16.3 Å². The summed E-state index contributed by atoms with van der Waals surface area (Å²) in [5.41, 5.74) is 1.27. The number of hydrazone groups is 1. The third-order valence-corrected chi connectivity index (χ3v) is 6.29. The first-order chi connectivity index (χ1) is 15.3. The topological polar surface area (TPSA) is 101 Å². The third-order valence-electron chi connectivity index (χ3n) is 5.07. The number of carbonyl (C=O) groups excluding carboxylic acids is 1. The fraction of sp³-hybridized carbons (Fsp3) is 0.182. The Kier molecular flexibility index (Phi) is 5.79. The van der Waals surface area contributed by atoms with Crippen molar-refractivity contribution >= 4 is 27.3 Å². The van der Waals surface area contributed by atoms with Crippen LogP contribution in [0.1, 0.15) is 40.3 Å². The van der Waals surface area contributed by atoms with Crippen molar-refractivity contribution in [3.05, 3.63) is 82.8 Å². The first kappa shape index (κ1) is 21.7. The molecule has 4 rings (SSSR count). The summed E-state index contributed by atoms with van der Waals surface area (Å²) in [6.45, 7) is 1.64. The molecule has 0 unspecified atom stereocenters. The van der Waals surface area contributed by atoms with Crippen molar-refractivity contribution in [2.24, 2.45) is 5.10 Å². The molecule has 0 spiro atoms. The van der Waals surface area contributed by atoms with Gasteiger partial charge in [-0.3, -0.25) is 4.79 Å². The minimum Gasteiger partial charge on any atom is -0.455 e. The van der Waals surface area contributed by atoms with E-state index in [0.717, 1.165) is 12.1 Å². The first-order valence-electron chi connectivity index (χ1n) is 9.78. The Bertz CT molecular complexity index is 1320. The van der Waals surface area contributed by atoms with Crippen LogP contribution in [0.3, 0.4) is 0 Å². The third kappa shape index (κ3) is 4.26. The number of nitrogens with one attached hydrogen (secondary N) is 2. The second-order valence-electron chi connectivity index (χ2n) is 7.25. The molecule has 1 aliphatic rings. The summed E-state index contributed by atoms with van der Waals surface area (Å²) in [7, 11) is -3.85. The van der Waals surface area contributed by atoms with Crippen LogP contribution >= 0.6 is 0 Å². The second-order valence-corrected chi connectivity index (χ2v) is 8.91. The van der Waals surface area contributed by atoms with Gasteiger partial charge in [-0.25, -0.2) is 8.78 Å². The number of furan rings is 1. The van der Waals surface area contributed by atoms with E-state index in [1.807, 2.05) is 0 Å². The van der Waals surface area contributed by atoms with Crippen molar-refractivity contribution in [1.82, 2.24) is 4.83 Å². The smallest absolute Gasteiger partial charge is 0.291 e. The van der Waals surface area contributed by atoms with Gasteiger partial charge in [0.25, 0.3) is 15.9 Å². The van der Waals surface area contributed by atoms with E-state index in [9.17, 15) is 22.0 Å². The van der Waals surface area contributed by atoms with E-state index in [1.54, 1.807) is 25.1 Å². The van der Waals surface area contributed by atoms with Gasteiger partial charge in [-0.05, 0) is 44.0 Å². The molecule has 1 aliphatic carbocycles. The molecule has 1 amide bonds. The molecule has 32 heavy (non-hydrogen) atoms. The average molecular weight is 459 g/mol. The molecule has 0 saturated heterocycles. The van der Waals surface area contributed by atoms with Gasteiger partial charge >= 0.3 is 0 Å². The number of aryl methyl sites for hydroxylation is 1. The van der Waals surface area contributed by atoms with E-state index in [4.69, 9.17) is 4.42 Å². The van der Waals surface area contributed by atoms with Gasteiger partial charge in [-0.2, -0.15) is 18.4 Å². The molecular weight excluding hydrogens is 440 g/mol. The van der Waals surface area contributed by atoms with Gasteiger partial charge in [0.2, 0.25) is 0 Å². The molecule has 0 saturated carbocycles. The van der Waals surface area contributed by atoms with Crippen molar-refractivity contribution in [2.45, 2.75) is 31.1 Å². The van der Waals surface area contributed by atoms with Crippen LogP contribution in [-0.4, -0.2) is 20.0 Å². The molecule has 1 heterocycles. The van der Waals surface area contributed by atoms with Crippen LogP contribution in [0.2, 0.25) is 0 Å². The van der Waals surface area contributed by atoms with Gasteiger partial charge in [-0.15, -0.1) is 0 Å². The predicted octanol–water partition coefficient (Wildman–Crippen LogP) is 4.14. The summed E-state index contributed by atoms with van der Waals surface area (Å²) in [5.74, 6) is -1.92. The summed E-state index contributed by atoms with van der Waals surface area (Å²) in [6, 6.07) is 10.6. The standard InChI is InChI=1S/C22H19F2N3O4S/c1-13-20-18(26-27-32(29,30)15-6-3-2-4-7-15)8-5-9-19(20)31-21(13)22(28)25-17-11-10-14(23)12-16(17)24/h2-4,6-7,10-12,27H,5,8-9H2,1H3,(H,25,28)/b26-18+. The van der Waals surface area contributed by atoms with Crippen LogP contribution in [0, 0.1) is 18.6 Å². The highest BCUT2D eigenvalue weighted by molar-refractivity contribution is 7.89. The largest absolute Gasteiger partial charge is 0.455 e. The van der Waals surface area contributed by atoms with Crippen LogP contribution in [0.5, 0.6) is 0 Å². The highest BCUT2D eigenvalue weighted by atomic mass is 32.2. The lowest BCUT2D eigenvalue weighted by atomic mass is 9.93. The number of fused-ring (bicyclic) bond motifs is 1. The van der Waals surface area contributed by atoms with Crippen LogP contribution in [0.25, 0.3) is 0 Å². The summed E-state index contributed by atoms with van der Waals surface area (Å²) < 4.78 is 57.7. The highest BCUT2D eigenvalue weighted by Gasteiger charge is 2.28. The number of halogens is 2. The Hall–Kier alpha value is -3.53.